The number of hydrogen-bond donors (Lipinski definition) is 2. The van der Waals surface area contributed by atoms with Gasteiger partial charge < -0.3 is 14.7 Å². The van der Waals surface area contributed by atoms with E-state index in [1.807, 2.05) is 87.8 Å². The highest BCUT2D eigenvalue weighted by atomic mass is 32.1. The summed E-state index contributed by atoms with van der Waals surface area (Å²) in [7, 11) is 0. The Morgan fingerprint density at radius 2 is 1.78 bits per heavy atom. The molecule has 260 valence electrons. The third kappa shape index (κ3) is 7.70. The molecule has 3 aromatic heterocycles. The number of carboxylic acid groups (broad SMARTS) is 1. The van der Waals surface area contributed by atoms with Crippen molar-refractivity contribution in [2.24, 2.45) is 0 Å². The maximum absolute atomic E-state index is 13.8. The van der Waals surface area contributed by atoms with Crippen LogP contribution in [-0.2, 0) is 29.0 Å². The Morgan fingerprint density at radius 3 is 2.54 bits per heavy atom. The van der Waals surface area contributed by atoms with Crippen molar-refractivity contribution in [2.75, 3.05) is 16.8 Å². The Kier molecular flexibility index (Phi) is 10.0. The van der Waals surface area contributed by atoms with Crippen molar-refractivity contribution in [3.05, 3.63) is 88.4 Å². The van der Waals surface area contributed by atoms with Crippen molar-refractivity contribution >= 4 is 50.3 Å². The lowest BCUT2D eigenvalue weighted by Gasteiger charge is -2.31. The van der Waals surface area contributed by atoms with Gasteiger partial charge >= 0.3 is 11.9 Å². The zero-order valence-electron chi connectivity index (χ0n) is 29.1. The number of nitrogens with zero attached hydrogens (tertiary/aromatic N) is 5. The van der Waals surface area contributed by atoms with Gasteiger partial charge in [0.1, 0.15) is 11.4 Å². The van der Waals surface area contributed by atoms with E-state index in [0.29, 0.717) is 54.6 Å². The SMILES string of the molecule is Cc1nn(CCCCCC(=O)O)c(C)c1-c1ccc(N2CCc3cccc(C(=O)Nc4nc5ccccc5s4)c3C2)nc1C(=O)OC(C)(C)C. The average Bonchev–Trinajstić information content (AvgIpc) is 3.61. The number of ether oxygens (including phenoxy) is 1. The zero-order valence-corrected chi connectivity index (χ0v) is 29.9. The summed E-state index contributed by atoms with van der Waals surface area (Å²) in [5, 5.41) is 17.3. The molecule has 1 amide bonds. The van der Waals surface area contributed by atoms with Gasteiger partial charge in [0.25, 0.3) is 5.91 Å². The van der Waals surface area contributed by atoms with Gasteiger partial charge in [0.15, 0.2) is 10.8 Å². The number of para-hydroxylation sites is 1. The van der Waals surface area contributed by atoms with Gasteiger partial charge in [-0.1, -0.05) is 42.0 Å². The number of unbranched alkanes of at least 4 members (excludes halogenated alkanes) is 2. The molecule has 0 saturated carbocycles. The summed E-state index contributed by atoms with van der Waals surface area (Å²) in [5.74, 6) is -0.916. The topological polar surface area (TPSA) is 140 Å². The second-order valence-electron chi connectivity index (χ2n) is 13.6. The van der Waals surface area contributed by atoms with Gasteiger partial charge in [-0.3, -0.25) is 19.6 Å². The summed E-state index contributed by atoms with van der Waals surface area (Å²) >= 11 is 1.44. The highest BCUT2D eigenvalue weighted by Crippen LogP contribution is 2.34. The molecule has 5 aromatic rings. The third-order valence-electron chi connectivity index (χ3n) is 8.74. The maximum Gasteiger partial charge on any atom is 0.358 e. The first-order valence-corrected chi connectivity index (χ1v) is 17.7. The fraction of sp³-hybridized carbons (Fsp3) is 0.368. The van der Waals surface area contributed by atoms with E-state index in [4.69, 9.17) is 19.9 Å². The number of aliphatic carboxylic acids is 1. The minimum Gasteiger partial charge on any atom is -0.481 e. The number of hydrogen-bond acceptors (Lipinski definition) is 9. The normalized spacial score (nSPS) is 12.9. The zero-order chi connectivity index (χ0) is 35.6. The van der Waals surface area contributed by atoms with Crippen LogP contribution in [0.4, 0.5) is 10.9 Å². The number of anilines is 2. The first-order chi connectivity index (χ1) is 23.9. The van der Waals surface area contributed by atoms with Crippen LogP contribution in [0, 0.1) is 13.8 Å². The molecule has 0 radical (unpaired) electrons. The molecule has 0 saturated heterocycles. The molecule has 12 heteroatoms. The van der Waals surface area contributed by atoms with Gasteiger partial charge in [-0.15, -0.1) is 0 Å². The first-order valence-electron chi connectivity index (χ1n) is 16.9. The van der Waals surface area contributed by atoms with Gasteiger partial charge in [-0.25, -0.2) is 14.8 Å². The van der Waals surface area contributed by atoms with Crippen LogP contribution in [0.25, 0.3) is 21.3 Å². The minimum atomic E-state index is -0.788. The Bertz CT molecular complexity index is 2040. The van der Waals surface area contributed by atoms with E-state index in [1.165, 1.54) is 11.3 Å². The first kappa shape index (κ1) is 34.8. The number of esters is 1. The van der Waals surface area contributed by atoms with E-state index in [-0.39, 0.29) is 18.0 Å². The lowest BCUT2D eigenvalue weighted by Crippen LogP contribution is -2.33. The molecule has 1 aliphatic rings. The molecule has 2 N–H and O–H groups in total. The molecule has 0 spiro atoms. The van der Waals surface area contributed by atoms with Crippen LogP contribution < -0.4 is 10.2 Å². The van der Waals surface area contributed by atoms with Crippen LogP contribution >= 0.6 is 11.3 Å². The van der Waals surface area contributed by atoms with Crippen LogP contribution in [0.5, 0.6) is 0 Å². The Hall–Kier alpha value is -5.10. The summed E-state index contributed by atoms with van der Waals surface area (Å²) in [4.78, 5) is 49.9. The number of rotatable bonds is 11. The molecule has 0 aliphatic carbocycles. The molecule has 0 fully saturated rings. The van der Waals surface area contributed by atoms with Crippen molar-refractivity contribution in [1.82, 2.24) is 19.7 Å². The summed E-state index contributed by atoms with van der Waals surface area (Å²) < 4.78 is 8.78. The van der Waals surface area contributed by atoms with Crippen LogP contribution in [0.1, 0.15) is 89.8 Å². The number of carbonyl (C=O) groups is 3. The molecule has 4 heterocycles. The number of nitrogens with one attached hydrogen (secondary N) is 1. The fourth-order valence-corrected chi connectivity index (χ4v) is 7.27. The van der Waals surface area contributed by atoms with E-state index in [1.54, 1.807) is 0 Å². The van der Waals surface area contributed by atoms with E-state index in [2.05, 4.69) is 21.3 Å². The number of pyridine rings is 1. The van der Waals surface area contributed by atoms with E-state index in [0.717, 1.165) is 51.1 Å². The molecule has 11 nitrogen and oxygen atoms in total. The standard InChI is InChI=1S/C38H42N6O5S/c1-23-33(24(2)44(42-23)20-10-6-7-16-32(45)46)27-17-18-31(40-34(27)36(48)49-38(3,4)5)43-21-19-25-12-11-13-26(28(25)22-43)35(47)41-37-39-29-14-8-9-15-30(29)50-37/h8-9,11-15,17-18H,6-7,10,16,19-22H2,1-5H3,(H,45,46)(H,39,41,47). The molecule has 50 heavy (non-hydrogen) atoms. The van der Waals surface area contributed by atoms with Crippen molar-refractivity contribution in [3.8, 4) is 11.1 Å². The van der Waals surface area contributed by atoms with E-state index >= 15 is 0 Å². The number of carbonyl (C=O) groups excluding carboxylic acids is 2. The summed E-state index contributed by atoms with van der Waals surface area (Å²) in [6.45, 7) is 11.1. The Labute approximate surface area is 295 Å². The highest BCUT2D eigenvalue weighted by Gasteiger charge is 2.29. The third-order valence-corrected chi connectivity index (χ3v) is 9.69. The maximum atomic E-state index is 13.8. The lowest BCUT2D eigenvalue weighted by molar-refractivity contribution is -0.137. The van der Waals surface area contributed by atoms with Crippen LogP contribution in [-0.4, -0.2) is 54.8 Å². The molecule has 0 unspecified atom stereocenters. The quantitative estimate of drug-likeness (QED) is 0.106. The van der Waals surface area contributed by atoms with Crippen LogP contribution in [0.3, 0.4) is 0 Å². The summed E-state index contributed by atoms with van der Waals surface area (Å²) in [6, 6.07) is 17.4. The largest absolute Gasteiger partial charge is 0.481 e. The van der Waals surface area contributed by atoms with Crippen molar-refractivity contribution in [3.63, 3.8) is 0 Å². The fourth-order valence-electron chi connectivity index (χ4n) is 6.41. The molecule has 1 aliphatic heterocycles. The molecule has 2 aromatic carbocycles. The number of fused-ring (bicyclic) bond motifs is 2. The van der Waals surface area contributed by atoms with Crippen molar-refractivity contribution < 1.29 is 24.2 Å². The minimum absolute atomic E-state index is 0.154. The predicted octanol–water partition coefficient (Wildman–Crippen LogP) is 7.59. The van der Waals surface area contributed by atoms with Gasteiger partial charge in [-0.05, 0) is 95.3 Å². The van der Waals surface area contributed by atoms with Gasteiger partial charge in [0.2, 0.25) is 0 Å². The van der Waals surface area contributed by atoms with Crippen LogP contribution in [0.15, 0.2) is 54.6 Å². The van der Waals surface area contributed by atoms with Gasteiger partial charge in [0, 0.05) is 48.4 Å². The van der Waals surface area contributed by atoms with Gasteiger partial charge in [0.05, 0.1) is 15.9 Å². The number of benzene rings is 2. The lowest BCUT2D eigenvalue weighted by atomic mass is 9.94. The van der Waals surface area contributed by atoms with Crippen molar-refractivity contribution in [1.29, 1.82) is 0 Å². The molecule has 0 atom stereocenters. The van der Waals surface area contributed by atoms with E-state index < -0.39 is 17.5 Å². The molecular formula is C38H42N6O5S. The number of carboxylic acids is 1. The molecular weight excluding hydrogens is 653 g/mol. The number of aromatic nitrogens is 4. The van der Waals surface area contributed by atoms with E-state index in [9.17, 15) is 14.4 Å². The number of amides is 1. The second-order valence-corrected chi connectivity index (χ2v) is 14.6. The predicted molar refractivity (Wildman–Crippen MR) is 195 cm³/mol. The Morgan fingerprint density at radius 1 is 0.980 bits per heavy atom. The average molecular weight is 695 g/mol. The monoisotopic (exact) mass is 694 g/mol. The van der Waals surface area contributed by atoms with Crippen molar-refractivity contribution in [2.45, 2.75) is 85.4 Å². The summed E-state index contributed by atoms with van der Waals surface area (Å²) in [5.41, 5.74) is 6.05. The van der Waals surface area contributed by atoms with Crippen LogP contribution in [0.2, 0.25) is 0 Å². The second kappa shape index (κ2) is 14.4. The van der Waals surface area contributed by atoms with Gasteiger partial charge in [-0.2, -0.15) is 5.10 Å². The number of aryl methyl sites for hydroxylation is 2. The smallest absolute Gasteiger partial charge is 0.358 e. The highest BCUT2D eigenvalue weighted by molar-refractivity contribution is 7.22. The Balaban J connectivity index is 1.28. The molecule has 0 bridgehead atoms. The molecule has 6 rings (SSSR count). The summed E-state index contributed by atoms with van der Waals surface area (Å²) in [6.07, 6.45) is 3.05. The number of thiazole rings is 1.